The fourth-order valence-corrected chi connectivity index (χ4v) is 3.27. The average Bonchev–Trinajstić information content (AvgIpc) is 2.79. The van der Waals surface area contributed by atoms with Crippen molar-refractivity contribution in [2.75, 3.05) is 17.7 Å². The monoisotopic (exact) mass is 428 g/mol. The number of amides is 2. The van der Waals surface area contributed by atoms with Crippen molar-refractivity contribution in [3.63, 3.8) is 0 Å². The molecule has 0 fully saturated rings. The Labute approximate surface area is 183 Å². The smallest absolute Gasteiger partial charge is 0.265 e. The summed E-state index contributed by atoms with van der Waals surface area (Å²) in [5.74, 6) is 0.135. The van der Waals surface area contributed by atoms with Gasteiger partial charge in [-0.1, -0.05) is 6.07 Å². The largest absolute Gasteiger partial charge is 0.497 e. The van der Waals surface area contributed by atoms with E-state index in [4.69, 9.17) is 4.74 Å². The van der Waals surface area contributed by atoms with E-state index in [-0.39, 0.29) is 17.4 Å². The molecule has 8 heteroatoms. The number of hydrogen-bond acceptors (Lipinski definition) is 5. The number of aromatic nitrogens is 2. The molecular weight excluding hydrogens is 408 g/mol. The highest BCUT2D eigenvalue weighted by Gasteiger charge is 2.11. The Balaban J connectivity index is 1.60. The molecule has 2 N–H and O–H groups in total. The zero-order valence-corrected chi connectivity index (χ0v) is 17.5. The van der Waals surface area contributed by atoms with Crippen molar-refractivity contribution in [3.05, 3.63) is 89.0 Å². The second-order valence-electron chi connectivity index (χ2n) is 7.07. The number of rotatable bonds is 5. The van der Waals surface area contributed by atoms with Gasteiger partial charge in [-0.25, -0.2) is 4.98 Å². The van der Waals surface area contributed by atoms with Crippen molar-refractivity contribution in [1.29, 1.82) is 0 Å². The predicted molar refractivity (Wildman–Crippen MR) is 123 cm³/mol. The maximum absolute atomic E-state index is 12.9. The minimum atomic E-state index is -0.354. The van der Waals surface area contributed by atoms with E-state index < -0.39 is 0 Å². The molecule has 4 rings (SSSR count). The number of benzene rings is 3. The molecule has 0 aliphatic carbocycles. The maximum Gasteiger partial charge on any atom is 0.265 e. The number of fused-ring (bicyclic) bond motifs is 1. The van der Waals surface area contributed by atoms with E-state index in [9.17, 15) is 14.4 Å². The Kier molecular flexibility index (Phi) is 5.67. The second-order valence-corrected chi connectivity index (χ2v) is 7.07. The number of carbonyl (C=O) groups is 2. The summed E-state index contributed by atoms with van der Waals surface area (Å²) in [5.41, 5.74) is 2.30. The summed E-state index contributed by atoms with van der Waals surface area (Å²) in [4.78, 5) is 41.2. The zero-order valence-electron chi connectivity index (χ0n) is 17.5. The fraction of sp³-hybridized carbons (Fsp3) is 0.0833. The van der Waals surface area contributed by atoms with Crippen LogP contribution in [0.4, 0.5) is 11.4 Å². The summed E-state index contributed by atoms with van der Waals surface area (Å²) in [7, 11) is 1.58. The van der Waals surface area contributed by atoms with Gasteiger partial charge in [-0.05, 0) is 60.7 Å². The summed E-state index contributed by atoms with van der Waals surface area (Å²) in [6, 6.07) is 18.6. The number of anilines is 2. The van der Waals surface area contributed by atoms with Gasteiger partial charge in [-0.3, -0.25) is 19.0 Å². The molecule has 4 aromatic rings. The summed E-state index contributed by atoms with van der Waals surface area (Å²) in [6.45, 7) is 1.41. The van der Waals surface area contributed by atoms with Crippen LogP contribution in [0.2, 0.25) is 0 Å². The summed E-state index contributed by atoms with van der Waals surface area (Å²) in [5, 5.41) is 5.85. The Hall–Kier alpha value is -4.46. The Morgan fingerprint density at radius 2 is 1.66 bits per heavy atom. The van der Waals surface area contributed by atoms with Crippen LogP contribution in [0.15, 0.2) is 77.9 Å². The highest BCUT2D eigenvalue weighted by Crippen LogP contribution is 2.18. The third-order valence-corrected chi connectivity index (χ3v) is 4.81. The Morgan fingerprint density at radius 1 is 0.938 bits per heavy atom. The van der Waals surface area contributed by atoms with Crippen LogP contribution >= 0.6 is 0 Å². The first-order valence-electron chi connectivity index (χ1n) is 9.79. The minimum Gasteiger partial charge on any atom is -0.497 e. The molecule has 1 heterocycles. The van der Waals surface area contributed by atoms with Crippen molar-refractivity contribution in [2.45, 2.75) is 6.92 Å². The molecule has 160 valence electrons. The van der Waals surface area contributed by atoms with Gasteiger partial charge < -0.3 is 15.4 Å². The Morgan fingerprint density at radius 3 is 2.34 bits per heavy atom. The van der Waals surface area contributed by atoms with Gasteiger partial charge in [0.15, 0.2) is 0 Å². The molecule has 0 radical (unpaired) electrons. The van der Waals surface area contributed by atoms with Crippen LogP contribution in [0, 0.1) is 0 Å². The van der Waals surface area contributed by atoms with Crippen molar-refractivity contribution in [3.8, 4) is 11.4 Å². The van der Waals surface area contributed by atoms with Gasteiger partial charge in [-0.15, -0.1) is 0 Å². The van der Waals surface area contributed by atoms with Crippen molar-refractivity contribution >= 4 is 34.1 Å². The molecule has 0 aliphatic heterocycles. The molecule has 32 heavy (non-hydrogen) atoms. The number of nitrogens with one attached hydrogen (secondary N) is 2. The molecule has 0 saturated carbocycles. The molecule has 2 amide bonds. The number of hydrogen-bond donors (Lipinski definition) is 2. The normalized spacial score (nSPS) is 10.6. The zero-order chi connectivity index (χ0) is 22.7. The van der Waals surface area contributed by atoms with Crippen molar-refractivity contribution in [2.24, 2.45) is 0 Å². The third kappa shape index (κ3) is 4.34. The van der Waals surface area contributed by atoms with Crippen LogP contribution in [0.1, 0.15) is 17.3 Å². The first-order valence-corrected chi connectivity index (χ1v) is 9.79. The molecule has 0 atom stereocenters. The van der Waals surface area contributed by atoms with Gasteiger partial charge in [0.2, 0.25) is 5.91 Å². The molecule has 0 bridgehead atoms. The van der Waals surface area contributed by atoms with Gasteiger partial charge in [0, 0.05) is 23.9 Å². The Bertz CT molecular complexity index is 1380. The molecular formula is C24H20N4O4. The van der Waals surface area contributed by atoms with E-state index in [0.717, 1.165) is 0 Å². The predicted octanol–water partition coefficient (Wildman–Crippen LogP) is 3.61. The van der Waals surface area contributed by atoms with E-state index in [2.05, 4.69) is 15.6 Å². The van der Waals surface area contributed by atoms with Crippen molar-refractivity contribution in [1.82, 2.24) is 9.55 Å². The van der Waals surface area contributed by atoms with Gasteiger partial charge >= 0.3 is 0 Å². The number of carbonyl (C=O) groups excluding carboxylic acids is 2. The van der Waals surface area contributed by atoms with E-state index in [0.29, 0.717) is 39.3 Å². The number of ether oxygens (including phenoxy) is 1. The molecule has 0 spiro atoms. The van der Waals surface area contributed by atoms with E-state index in [1.165, 1.54) is 17.8 Å². The van der Waals surface area contributed by atoms with Crippen LogP contribution < -0.4 is 20.9 Å². The third-order valence-electron chi connectivity index (χ3n) is 4.81. The molecule has 0 unspecified atom stereocenters. The van der Waals surface area contributed by atoms with Crippen LogP contribution in [-0.2, 0) is 4.79 Å². The highest BCUT2D eigenvalue weighted by molar-refractivity contribution is 6.06. The van der Waals surface area contributed by atoms with Gasteiger partial charge in [0.05, 0.1) is 23.7 Å². The van der Waals surface area contributed by atoms with E-state index in [1.807, 2.05) is 0 Å². The quantitative estimate of drug-likeness (QED) is 0.506. The van der Waals surface area contributed by atoms with E-state index >= 15 is 0 Å². The van der Waals surface area contributed by atoms with Gasteiger partial charge in [-0.2, -0.15) is 0 Å². The lowest BCUT2D eigenvalue weighted by Crippen LogP contribution is -2.19. The lowest BCUT2D eigenvalue weighted by Gasteiger charge is -2.10. The first kappa shape index (κ1) is 20.8. The molecule has 0 saturated heterocycles. The average molecular weight is 428 g/mol. The van der Waals surface area contributed by atoms with Crippen LogP contribution in [0.3, 0.4) is 0 Å². The van der Waals surface area contributed by atoms with Gasteiger partial charge in [0.25, 0.3) is 11.5 Å². The molecule has 0 aliphatic rings. The standard InChI is InChI=1S/C24H20N4O4/c1-15(29)26-17-4-3-5-18(13-17)27-23(30)16-6-11-21-22(12-16)25-14-28(24(21)31)19-7-9-20(32-2)10-8-19/h3-14H,1-2H3,(H,26,29)(H,27,30). The van der Waals surface area contributed by atoms with Crippen LogP contribution in [0.25, 0.3) is 16.6 Å². The molecule has 3 aromatic carbocycles. The lowest BCUT2D eigenvalue weighted by molar-refractivity contribution is -0.114. The van der Waals surface area contributed by atoms with Crippen molar-refractivity contribution < 1.29 is 14.3 Å². The highest BCUT2D eigenvalue weighted by atomic mass is 16.5. The first-order chi connectivity index (χ1) is 15.4. The van der Waals surface area contributed by atoms with Gasteiger partial charge in [0.1, 0.15) is 12.1 Å². The summed E-state index contributed by atoms with van der Waals surface area (Å²) in [6.07, 6.45) is 1.44. The van der Waals surface area contributed by atoms with E-state index in [1.54, 1.807) is 73.8 Å². The number of methoxy groups -OCH3 is 1. The van der Waals surface area contributed by atoms with Crippen LogP contribution in [0.5, 0.6) is 5.75 Å². The lowest BCUT2D eigenvalue weighted by atomic mass is 10.1. The van der Waals surface area contributed by atoms with Crippen LogP contribution in [-0.4, -0.2) is 28.5 Å². The second kappa shape index (κ2) is 8.73. The minimum absolute atomic E-state index is 0.200. The molecule has 8 nitrogen and oxygen atoms in total. The number of nitrogens with zero attached hydrogens (tertiary/aromatic N) is 2. The topological polar surface area (TPSA) is 102 Å². The SMILES string of the molecule is COc1ccc(-n2cnc3cc(C(=O)Nc4cccc(NC(C)=O)c4)ccc3c2=O)cc1. The maximum atomic E-state index is 12.9. The summed E-state index contributed by atoms with van der Waals surface area (Å²) < 4.78 is 6.59. The summed E-state index contributed by atoms with van der Waals surface area (Å²) >= 11 is 0. The fourth-order valence-electron chi connectivity index (χ4n) is 3.27. The molecule has 1 aromatic heterocycles.